The molecule has 77 heavy (non-hydrogen) atoms. The van der Waals surface area contributed by atoms with E-state index < -0.39 is 74.5 Å². The van der Waals surface area contributed by atoms with Gasteiger partial charge in [0.1, 0.15) is 36.5 Å². The van der Waals surface area contributed by atoms with Crippen molar-refractivity contribution in [3.8, 4) is 0 Å². The molecule has 2 aliphatic carbocycles. The summed E-state index contributed by atoms with van der Waals surface area (Å²) < 4.78 is 89.6. The molecular formula is C50H55N9O15P2S. The van der Waals surface area contributed by atoms with E-state index in [1.807, 2.05) is 37.2 Å². The smallest absolute Gasteiger partial charge is 0.467 e. The molecule has 6 aromatic rings. The number of carbonyl (C=O) groups excluding carboxylic acids is 1. The number of nitrogens with zero attached hydrogens (tertiary/aromatic N) is 6. The Kier molecular flexibility index (Phi) is 15.6. The van der Waals surface area contributed by atoms with Crippen molar-refractivity contribution in [2.45, 2.75) is 56.1 Å². The van der Waals surface area contributed by atoms with Gasteiger partial charge in [0.15, 0.2) is 5.82 Å². The minimum Gasteiger partial charge on any atom is -0.467 e. The lowest BCUT2D eigenvalue weighted by molar-refractivity contribution is -0.0479. The largest absolute Gasteiger partial charge is 0.472 e. The molecular weight excluding hydrogens is 1060 g/mol. The first-order valence-corrected chi connectivity index (χ1v) is 29.1. The second kappa shape index (κ2) is 22.2. The maximum absolute atomic E-state index is 13.6. The van der Waals surface area contributed by atoms with Crippen molar-refractivity contribution in [2.24, 2.45) is 39.8 Å². The van der Waals surface area contributed by atoms with Crippen molar-refractivity contribution >= 4 is 59.5 Å². The predicted octanol–water partition coefficient (Wildman–Crippen LogP) is 5.07. The zero-order valence-electron chi connectivity index (χ0n) is 41.8. The summed E-state index contributed by atoms with van der Waals surface area (Å²) in [5, 5.41) is 13.8. The van der Waals surface area contributed by atoms with E-state index in [1.165, 1.54) is 25.5 Å². The van der Waals surface area contributed by atoms with Crippen LogP contribution >= 0.6 is 15.6 Å². The number of H-pyrrole nitrogens is 1. The number of ether oxygens (including phenoxy) is 1. The number of phosphoric ester groups is 2. The molecule has 10 rings (SSSR count). The highest BCUT2D eigenvalue weighted by molar-refractivity contribution is 7.89. The molecule has 3 aromatic carbocycles. The van der Waals surface area contributed by atoms with Crippen LogP contribution in [0.5, 0.6) is 0 Å². The quantitative estimate of drug-likeness (QED) is 0.0464. The number of benzene rings is 3. The van der Waals surface area contributed by atoms with Gasteiger partial charge in [0.05, 0.1) is 30.1 Å². The van der Waals surface area contributed by atoms with Gasteiger partial charge in [0.2, 0.25) is 10.0 Å². The van der Waals surface area contributed by atoms with Crippen LogP contribution in [0.25, 0.3) is 10.8 Å². The molecule has 1 saturated heterocycles. The molecule has 8 unspecified atom stereocenters. The molecule has 1 amide bonds. The van der Waals surface area contributed by atoms with Crippen molar-refractivity contribution in [3.05, 3.63) is 153 Å². The van der Waals surface area contributed by atoms with Crippen LogP contribution in [0, 0.1) is 36.5 Å². The van der Waals surface area contributed by atoms with E-state index in [0.717, 1.165) is 21.0 Å². The SMILES string of the molecule is Cc1cn([C@H]2CC(OP(=O)(O)OCc3ccco3)[C@@H](COP(=O)(O)OCC3CC4CC3C3C(c5ccc(C(=O)NCCNS(=O)(=O)c6ccc7cc(N(C)C)ccc7c6)cc5)=NN=C(c5ncccn5)C43)O2)c(=O)[nH]c1=O. The van der Waals surface area contributed by atoms with Gasteiger partial charge in [0.25, 0.3) is 11.5 Å². The number of nitrogens with one attached hydrogen (secondary N) is 3. The first-order chi connectivity index (χ1) is 36.8. The lowest BCUT2D eigenvalue weighted by atomic mass is 9.68. The van der Waals surface area contributed by atoms with Crippen molar-refractivity contribution in [2.75, 3.05) is 45.3 Å². The van der Waals surface area contributed by atoms with Gasteiger partial charge in [-0.1, -0.05) is 24.3 Å². The molecule has 10 atom stereocenters. The second-order valence-corrected chi connectivity index (χ2v) is 24.1. The molecule has 2 bridgehead atoms. The van der Waals surface area contributed by atoms with E-state index in [2.05, 4.69) is 30.1 Å². The molecule has 2 saturated carbocycles. The number of sulfonamides is 1. The van der Waals surface area contributed by atoms with Crippen LogP contribution in [0.15, 0.2) is 133 Å². The highest BCUT2D eigenvalue weighted by Crippen LogP contribution is 2.59. The van der Waals surface area contributed by atoms with E-state index in [9.17, 15) is 41.7 Å². The minimum absolute atomic E-state index is 0.0215. The lowest BCUT2D eigenvalue weighted by Gasteiger charge is -2.38. The number of aromatic amines is 1. The molecule has 3 fully saturated rings. The number of carbonyl (C=O) groups is 1. The maximum Gasteiger partial charge on any atom is 0.472 e. The summed E-state index contributed by atoms with van der Waals surface area (Å²) in [5.74, 6) is -0.490. The van der Waals surface area contributed by atoms with Crippen molar-refractivity contribution in [1.29, 1.82) is 0 Å². The third-order valence-electron chi connectivity index (χ3n) is 14.3. The average Bonchev–Trinajstić information content (AvgIpc) is 4.33. The fraction of sp³-hybridized carbons (Fsp3) is 0.380. The molecule has 0 spiro atoms. The zero-order valence-corrected chi connectivity index (χ0v) is 44.4. The minimum atomic E-state index is -4.86. The number of hydrogen-bond donors (Lipinski definition) is 5. The van der Waals surface area contributed by atoms with Gasteiger partial charge in [-0.05, 0) is 108 Å². The van der Waals surface area contributed by atoms with Crippen molar-refractivity contribution in [3.63, 3.8) is 0 Å². The van der Waals surface area contributed by atoms with E-state index >= 15 is 0 Å². The molecule has 0 radical (unpaired) electrons. The number of furan rings is 1. The van der Waals surface area contributed by atoms with Gasteiger partial charge in [-0.15, -0.1) is 0 Å². The summed E-state index contributed by atoms with van der Waals surface area (Å²) in [6.45, 7) is 0.151. The van der Waals surface area contributed by atoms with Gasteiger partial charge in [-0.2, -0.15) is 10.2 Å². The monoisotopic (exact) mass is 1120 g/mol. The van der Waals surface area contributed by atoms with Gasteiger partial charge in [-0.25, -0.2) is 37.0 Å². The summed E-state index contributed by atoms with van der Waals surface area (Å²) >= 11 is 0. The van der Waals surface area contributed by atoms with Crippen LogP contribution in [0.1, 0.15) is 58.6 Å². The van der Waals surface area contributed by atoms with Crippen LogP contribution in [-0.4, -0.2) is 108 Å². The highest BCUT2D eigenvalue weighted by Gasteiger charge is 2.58. The Hall–Kier alpha value is -6.34. The lowest BCUT2D eigenvalue weighted by Crippen LogP contribution is -2.42. The van der Waals surface area contributed by atoms with Crippen LogP contribution in [0.4, 0.5) is 5.69 Å². The third kappa shape index (κ3) is 12.1. The van der Waals surface area contributed by atoms with E-state index in [1.54, 1.807) is 67.0 Å². The molecule has 406 valence electrons. The molecule has 27 heteroatoms. The van der Waals surface area contributed by atoms with Gasteiger partial charge in [0, 0.05) is 80.8 Å². The Bertz CT molecular complexity index is 3560. The Balaban J connectivity index is 0.782. The number of amides is 1. The van der Waals surface area contributed by atoms with Gasteiger partial charge >= 0.3 is 21.3 Å². The van der Waals surface area contributed by atoms with Crippen molar-refractivity contribution < 1.29 is 59.4 Å². The molecule has 5 N–H and O–H groups in total. The number of rotatable bonds is 21. The standard InChI is InChI=1S/C50H55N9O15P2S/c1-29-25-59(50(62)55-48(29)60)42-24-40(74-76(65,66)71-27-37-6-4-19-69-37)41(73-42)28-72-75(63,64)70-26-35-20-34-23-39(35)44-43(34)46(47-51-15-5-16-52-47)57-56-45(44)30-7-9-31(10-8-30)49(61)53-17-18-54-77(67,68)38-14-12-32-21-36(58(2)3)13-11-33(32)22-38/h4-16,19,21-22,25,34-35,39-44,54H,17-18,20,23-24,26-28H2,1-3H3,(H,53,61)(H,63,64)(H,65,66)(H,55,60,62)/t34?,35?,39?,40?,41-,42-,43?,44?/m1/s1. The molecule has 2 aliphatic heterocycles. The van der Waals surface area contributed by atoms with E-state index in [-0.39, 0.29) is 71.9 Å². The summed E-state index contributed by atoms with van der Waals surface area (Å²) in [5.41, 5.74) is 2.02. The normalized spacial score (nSPS) is 24.4. The summed E-state index contributed by atoms with van der Waals surface area (Å²) in [6, 6.07) is 22.3. The summed E-state index contributed by atoms with van der Waals surface area (Å²) in [6.07, 6.45) is 3.15. The molecule has 24 nitrogen and oxygen atoms in total. The average molecular weight is 1120 g/mol. The third-order valence-corrected chi connectivity index (χ3v) is 17.7. The number of aromatic nitrogens is 4. The fourth-order valence-electron chi connectivity index (χ4n) is 10.6. The molecule has 5 heterocycles. The number of aryl methyl sites for hydroxylation is 1. The van der Waals surface area contributed by atoms with Crippen LogP contribution in [-0.2, 0) is 48.6 Å². The fourth-order valence-corrected chi connectivity index (χ4v) is 13.4. The Morgan fingerprint density at radius 3 is 2.36 bits per heavy atom. The van der Waals surface area contributed by atoms with Crippen LogP contribution in [0.3, 0.4) is 0 Å². The van der Waals surface area contributed by atoms with Gasteiger partial charge < -0.3 is 29.2 Å². The highest BCUT2D eigenvalue weighted by atomic mass is 32.2. The first-order valence-electron chi connectivity index (χ1n) is 24.6. The Labute approximate surface area is 440 Å². The van der Waals surface area contributed by atoms with Crippen LogP contribution < -0.4 is 26.2 Å². The number of anilines is 1. The second-order valence-electron chi connectivity index (χ2n) is 19.4. The van der Waals surface area contributed by atoms with Crippen LogP contribution in [0.2, 0.25) is 0 Å². The Morgan fingerprint density at radius 1 is 0.870 bits per heavy atom. The number of fused-ring (bicyclic) bond motifs is 6. The van der Waals surface area contributed by atoms with E-state index in [4.69, 9.17) is 32.4 Å². The number of hydrogen-bond acceptors (Lipinski definition) is 18. The zero-order chi connectivity index (χ0) is 54.2. The summed E-state index contributed by atoms with van der Waals surface area (Å²) in [7, 11) is -9.70. The summed E-state index contributed by atoms with van der Waals surface area (Å²) in [4.78, 5) is 73.2. The molecule has 3 aromatic heterocycles. The Morgan fingerprint density at radius 2 is 1.61 bits per heavy atom. The predicted molar refractivity (Wildman–Crippen MR) is 279 cm³/mol. The topological polar surface area (TPSA) is 318 Å². The molecule has 4 aliphatic rings. The number of phosphoric acid groups is 2. The van der Waals surface area contributed by atoms with Crippen molar-refractivity contribution in [1.82, 2.24) is 29.6 Å². The van der Waals surface area contributed by atoms with E-state index in [0.29, 0.717) is 41.2 Å². The first kappa shape index (κ1) is 54.0. The van der Waals surface area contributed by atoms with Gasteiger partial charge in [-0.3, -0.25) is 37.2 Å². The maximum atomic E-state index is 13.6.